The van der Waals surface area contributed by atoms with Crippen LogP contribution in [0.15, 0.2) is 48.5 Å². The Morgan fingerprint density at radius 3 is 2.60 bits per heavy atom. The van der Waals surface area contributed by atoms with Gasteiger partial charge in [-0.25, -0.2) is 0 Å². The van der Waals surface area contributed by atoms with Crippen LogP contribution in [-0.4, -0.2) is 13.1 Å². The first-order valence-corrected chi connectivity index (χ1v) is 6.89. The number of para-hydroxylation sites is 2. The molecule has 20 heavy (non-hydrogen) atoms. The van der Waals surface area contributed by atoms with E-state index in [1.165, 1.54) is 12.8 Å². The molecule has 3 rings (SSSR count). The van der Waals surface area contributed by atoms with E-state index in [9.17, 15) is 0 Å². The molecule has 0 aromatic heterocycles. The minimum absolute atomic E-state index is 0.612. The third-order valence-corrected chi connectivity index (χ3v) is 3.50. The summed E-state index contributed by atoms with van der Waals surface area (Å²) in [5.41, 5.74) is 1.74. The summed E-state index contributed by atoms with van der Waals surface area (Å²) >= 11 is 0. The lowest BCUT2D eigenvalue weighted by Gasteiger charge is -2.21. The van der Waals surface area contributed by atoms with E-state index >= 15 is 0 Å². The van der Waals surface area contributed by atoms with E-state index in [4.69, 9.17) is 10.00 Å². The fourth-order valence-corrected chi connectivity index (χ4v) is 2.52. The maximum Gasteiger partial charge on any atom is 0.150 e. The highest BCUT2D eigenvalue weighted by atomic mass is 16.5. The predicted octanol–water partition coefficient (Wildman–Crippen LogP) is 3.95. The molecule has 1 aliphatic rings. The van der Waals surface area contributed by atoms with Gasteiger partial charge in [-0.05, 0) is 43.2 Å². The number of hydrogen-bond donors (Lipinski definition) is 0. The average Bonchev–Trinajstić information content (AvgIpc) is 3.02. The topological polar surface area (TPSA) is 36.3 Å². The normalized spacial score (nSPS) is 14.1. The van der Waals surface area contributed by atoms with Crippen molar-refractivity contribution in [1.29, 1.82) is 5.26 Å². The van der Waals surface area contributed by atoms with Crippen LogP contribution >= 0.6 is 0 Å². The number of benzene rings is 2. The molecule has 0 atom stereocenters. The van der Waals surface area contributed by atoms with Gasteiger partial charge in [0.25, 0.3) is 0 Å². The van der Waals surface area contributed by atoms with Crippen LogP contribution in [0, 0.1) is 11.3 Å². The second-order valence-corrected chi connectivity index (χ2v) is 4.90. The molecule has 0 saturated carbocycles. The van der Waals surface area contributed by atoms with Crippen molar-refractivity contribution >= 4 is 5.69 Å². The van der Waals surface area contributed by atoms with Crippen LogP contribution in [-0.2, 0) is 0 Å². The zero-order valence-electron chi connectivity index (χ0n) is 11.2. The van der Waals surface area contributed by atoms with Crippen LogP contribution < -0.4 is 9.64 Å². The van der Waals surface area contributed by atoms with Crippen molar-refractivity contribution in [2.24, 2.45) is 0 Å². The van der Waals surface area contributed by atoms with E-state index in [0.717, 1.165) is 24.5 Å². The van der Waals surface area contributed by atoms with E-state index in [0.29, 0.717) is 11.3 Å². The van der Waals surface area contributed by atoms with Gasteiger partial charge in [0.1, 0.15) is 5.75 Å². The molecule has 3 heteroatoms. The van der Waals surface area contributed by atoms with Crippen LogP contribution in [0.1, 0.15) is 18.4 Å². The minimum Gasteiger partial charge on any atom is -0.455 e. The van der Waals surface area contributed by atoms with Crippen LogP contribution in [0.4, 0.5) is 5.69 Å². The summed E-state index contributed by atoms with van der Waals surface area (Å²) in [5.74, 6) is 1.56. The predicted molar refractivity (Wildman–Crippen MR) is 79.1 cm³/mol. The summed E-state index contributed by atoms with van der Waals surface area (Å²) in [7, 11) is 0. The third-order valence-electron chi connectivity index (χ3n) is 3.50. The maximum atomic E-state index is 8.94. The Labute approximate surface area is 119 Å². The second kappa shape index (κ2) is 5.66. The summed E-state index contributed by atoms with van der Waals surface area (Å²) in [6, 6.07) is 17.5. The molecule has 1 heterocycles. The monoisotopic (exact) mass is 264 g/mol. The lowest BCUT2D eigenvalue weighted by atomic mass is 10.2. The molecule has 0 amide bonds. The first-order valence-electron chi connectivity index (χ1n) is 6.89. The van der Waals surface area contributed by atoms with Gasteiger partial charge >= 0.3 is 0 Å². The Kier molecular flexibility index (Phi) is 3.56. The van der Waals surface area contributed by atoms with Gasteiger partial charge in [0.05, 0.1) is 17.3 Å². The summed E-state index contributed by atoms with van der Waals surface area (Å²) in [4.78, 5) is 2.35. The van der Waals surface area contributed by atoms with Gasteiger partial charge in [-0.2, -0.15) is 5.26 Å². The third kappa shape index (κ3) is 2.60. The number of nitriles is 1. The molecular formula is C17H16N2O. The Balaban J connectivity index is 1.88. The number of ether oxygens (including phenoxy) is 1. The molecule has 0 unspecified atom stereocenters. The highest BCUT2D eigenvalue weighted by Crippen LogP contribution is 2.34. The smallest absolute Gasteiger partial charge is 0.150 e. The highest BCUT2D eigenvalue weighted by Gasteiger charge is 2.16. The van der Waals surface area contributed by atoms with E-state index in [1.54, 1.807) is 12.1 Å². The summed E-state index contributed by atoms with van der Waals surface area (Å²) in [6.45, 7) is 2.16. The maximum absolute atomic E-state index is 8.94. The molecule has 3 nitrogen and oxygen atoms in total. The summed E-state index contributed by atoms with van der Waals surface area (Å²) in [6.07, 6.45) is 2.47. The summed E-state index contributed by atoms with van der Waals surface area (Å²) in [5, 5.41) is 8.94. The van der Waals surface area contributed by atoms with Gasteiger partial charge in [0.2, 0.25) is 0 Å². The molecule has 1 fully saturated rings. The van der Waals surface area contributed by atoms with Crippen LogP contribution in [0.5, 0.6) is 11.5 Å². The molecule has 100 valence electrons. The van der Waals surface area contributed by atoms with Crippen molar-refractivity contribution in [1.82, 2.24) is 0 Å². The molecule has 0 radical (unpaired) electrons. The lowest BCUT2D eigenvalue weighted by molar-refractivity contribution is 0.482. The highest BCUT2D eigenvalue weighted by molar-refractivity contribution is 5.60. The number of nitrogens with zero attached hydrogens (tertiary/aromatic N) is 2. The Morgan fingerprint density at radius 1 is 1.00 bits per heavy atom. The minimum atomic E-state index is 0.612. The first kappa shape index (κ1) is 12.6. The van der Waals surface area contributed by atoms with Gasteiger partial charge in [0, 0.05) is 13.1 Å². The second-order valence-electron chi connectivity index (χ2n) is 4.90. The SMILES string of the molecule is N#Cc1cccc(Oc2ccccc2N2CCCC2)c1. The average molecular weight is 264 g/mol. The van der Waals surface area contributed by atoms with Gasteiger partial charge in [0.15, 0.2) is 5.75 Å². The van der Waals surface area contributed by atoms with Crippen molar-refractivity contribution < 1.29 is 4.74 Å². The van der Waals surface area contributed by atoms with E-state index in [1.807, 2.05) is 30.3 Å². The van der Waals surface area contributed by atoms with Crippen LogP contribution in [0.2, 0.25) is 0 Å². The van der Waals surface area contributed by atoms with Gasteiger partial charge in [-0.3, -0.25) is 0 Å². The molecule has 0 bridgehead atoms. The van der Waals surface area contributed by atoms with Crippen LogP contribution in [0.25, 0.3) is 0 Å². The zero-order valence-corrected chi connectivity index (χ0v) is 11.2. The van der Waals surface area contributed by atoms with E-state index in [2.05, 4.69) is 17.0 Å². The van der Waals surface area contributed by atoms with Crippen molar-refractivity contribution in [2.45, 2.75) is 12.8 Å². The molecule has 0 N–H and O–H groups in total. The standard InChI is InChI=1S/C17H16N2O/c18-13-14-6-5-7-15(12-14)20-17-9-2-1-8-16(17)19-10-3-4-11-19/h1-2,5-9,12H,3-4,10-11H2. The van der Waals surface area contributed by atoms with E-state index < -0.39 is 0 Å². The largest absolute Gasteiger partial charge is 0.455 e. The van der Waals surface area contributed by atoms with Gasteiger partial charge in [-0.1, -0.05) is 18.2 Å². The molecule has 2 aromatic carbocycles. The molecule has 2 aromatic rings. The Bertz CT molecular complexity index is 639. The fourth-order valence-electron chi connectivity index (χ4n) is 2.52. The Hall–Kier alpha value is -2.47. The number of hydrogen-bond acceptors (Lipinski definition) is 3. The fraction of sp³-hybridized carbons (Fsp3) is 0.235. The molecular weight excluding hydrogens is 248 g/mol. The van der Waals surface area contributed by atoms with Gasteiger partial charge in [-0.15, -0.1) is 0 Å². The lowest BCUT2D eigenvalue weighted by Crippen LogP contribution is -2.18. The van der Waals surface area contributed by atoms with Crippen LogP contribution in [0.3, 0.4) is 0 Å². The van der Waals surface area contributed by atoms with Crippen molar-refractivity contribution in [3.8, 4) is 17.6 Å². The quantitative estimate of drug-likeness (QED) is 0.842. The van der Waals surface area contributed by atoms with Crippen molar-refractivity contribution in [2.75, 3.05) is 18.0 Å². The number of rotatable bonds is 3. The summed E-state index contributed by atoms with van der Waals surface area (Å²) < 4.78 is 5.97. The van der Waals surface area contributed by atoms with Gasteiger partial charge < -0.3 is 9.64 Å². The number of anilines is 1. The molecule has 1 aliphatic heterocycles. The van der Waals surface area contributed by atoms with Crippen molar-refractivity contribution in [3.63, 3.8) is 0 Å². The first-order chi connectivity index (χ1) is 9.86. The Morgan fingerprint density at radius 2 is 1.80 bits per heavy atom. The molecule has 0 aliphatic carbocycles. The zero-order chi connectivity index (χ0) is 13.8. The van der Waals surface area contributed by atoms with Crippen molar-refractivity contribution in [3.05, 3.63) is 54.1 Å². The molecule has 1 saturated heterocycles. The molecule has 0 spiro atoms. The van der Waals surface area contributed by atoms with E-state index in [-0.39, 0.29) is 0 Å².